The molecule has 0 N–H and O–H groups in total. The van der Waals surface area contributed by atoms with Gasteiger partial charge < -0.3 is 0 Å². The Kier molecular flexibility index (Phi) is 12.1. The van der Waals surface area contributed by atoms with Crippen LogP contribution < -0.4 is 32.8 Å². The molecule has 0 spiro atoms. The minimum absolute atomic E-state index is 0.191. The number of benzene rings is 6. The van der Waals surface area contributed by atoms with Gasteiger partial charge in [0.25, 0.3) is 0 Å². The fourth-order valence-corrected chi connectivity index (χ4v) is 15.0. The predicted octanol–water partition coefficient (Wildman–Crippen LogP) is 14.1. The first-order chi connectivity index (χ1) is 36.4. The van der Waals surface area contributed by atoms with Gasteiger partial charge in [0.2, 0.25) is 13.4 Å². The molecule has 8 heteroatoms. The molecule has 4 bridgehead atoms. The molecule has 0 saturated heterocycles. The van der Waals surface area contributed by atoms with E-state index < -0.39 is 25.2 Å². The van der Waals surface area contributed by atoms with Crippen molar-refractivity contribution in [2.75, 3.05) is 0 Å². The lowest BCUT2D eigenvalue weighted by Crippen LogP contribution is -2.62. The fraction of sp³-hybridized carbons (Fsp3) is 0.429. The lowest BCUT2D eigenvalue weighted by atomic mass is 9.34. The smallest absolute Gasteiger partial charge is 0.295 e. The van der Waals surface area contributed by atoms with Crippen molar-refractivity contribution in [3.63, 3.8) is 0 Å². The molecule has 3 nitrogen and oxygen atoms in total. The van der Waals surface area contributed by atoms with Gasteiger partial charge in [-0.15, -0.1) is 0 Å². The van der Waals surface area contributed by atoms with Crippen LogP contribution in [0.25, 0.3) is 40.0 Å². The number of nitrogens with zero attached hydrogens (tertiary/aromatic N) is 3. The van der Waals surface area contributed by atoms with Crippen molar-refractivity contribution in [1.29, 1.82) is 0 Å². The van der Waals surface area contributed by atoms with E-state index in [1.807, 2.05) is 0 Å². The quantitative estimate of drug-likeness (QED) is 0.156. The molecule has 3 heterocycles. The number of hydrogen-bond acceptors (Lipinski definition) is 0. The molecule has 78 heavy (non-hydrogen) atoms. The third-order valence-electron chi connectivity index (χ3n) is 19.1. The first-order valence-electron chi connectivity index (χ1n) is 29.1. The molecule has 13 rings (SSSR count). The lowest BCUT2D eigenvalue weighted by Gasteiger charge is -2.38. The molecule has 1 aromatic heterocycles. The van der Waals surface area contributed by atoms with E-state index in [0.29, 0.717) is 22.8 Å². The van der Waals surface area contributed by atoms with Crippen molar-refractivity contribution in [3.8, 4) is 17.1 Å². The SMILES string of the molecule is Cc1cccc(C)c1B1C=c2n3c(n(-c4cc(C(C)(C)C)cc(C(C)(C)C)c4)c4cc5c(cc4n2-c2cc(C(C)(C)C)cc(C(C)(C)C)c2)C2CC4CC(C2)CC5C4)=CB(c2c(C)cccc2C)c2cc(C(F)(F)F)cc1c2-3. The van der Waals surface area contributed by atoms with Gasteiger partial charge in [-0.05, 0) is 186 Å². The van der Waals surface area contributed by atoms with E-state index in [9.17, 15) is 0 Å². The van der Waals surface area contributed by atoms with E-state index in [-0.39, 0.29) is 21.7 Å². The number of fused-ring (bicyclic) bond motifs is 1. The molecule has 402 valence electrons. The summed E-state index contributed by atoms with van der Waals surface area (Å²) < 4.78 is 55.5. The molecule has 0 amide bonds. The zero-order chi connectivity index (χ0) is 55.7. The van der Waals surface area contributed by atoms with Crippen molar-refractivity contribution in [1.82, 2.24) is 13.7 Å². The number of aryl methyl sites for hydroxylation is 4. The van der Waals surface area contributed by atoms with Crippen LogP contribution in [-0.4, -0.2) is 27.1 Å². The molecule has 6 aliphatic rings. The summed E-state index contributed by atoms with van der Waals surface area (Å²) in [5, 5.41) is 0. The topological polar surface area (TPSA) is 14.8 Å². The Morgan fingerprint density at radius 2 is 0.744 bits per heavy atom. The van der Waals surface area contributed by atoms with Crippen LogP contribution in [0.2, 0.25) is 0 Å². The summed E-state index contributed by atoms with van der Waals surface area (Å²) in [6, 6.07) is 35.5. The predicted molar refractivity (Wildman–Crippen MR) is 325 cm³/mol. The summed E-state index contributed by atoms with van der Waals surface area (Å²) in [7, 11) is 0. The monoisotopic (exact) mass is 1040 g/mol. The maximum absolute atomic E-state index is 16.0. The van der Waals surface area contributed by atoms with Gasteiger partial charge in [-0.3, -0.25) is 13.7 Å². The standard InChI is InChI=1S/C70H80B2F3N3/c1-40-19-17-20-41(2)63(40)71-38-61-76(53-30-48(66(5,6)7)28-49(31-53)67(8,9)10)59-36-55-46-24-44-23-45(25-46)27-47(26-44)56(55)37-60(59)77(54-32-50(68(11,12)13)29-51(33-54)69(14,15)16)62-39-72(64-42(3)21-18-22-43(64)4)58-35-52(70(73,74)75)34-57(71)65(58)78(61)62/h17-22,28-39,44-47H,23-27H2,1-16H3. The van der Waals surface area contributed by atoms with Crippen molar-refractivity contribution < 1.29 is 13.2 Å². The third-order valence-corrected chi connectivity index (χ3v) is 19.1. The van der Waals surface area contributed by atoms with Crippen molar-refractivity contribution in [2.24, 2.45) is 11.8 Å². The first-order valence-corrected chi connectivity index (χ1v) is 29.1. The summed E-state index contributed by atoms with van der Waals surface area (Å²) >= 11 is 0. The molecule has 2 saturated carbocycles. The van der Waals surface area contributed by atoms with Crippen molar-refractivity contribution >= 4 is 58.3 Å². The van der Waals surface area contributed by atoms with Gasteiger partial charge in [-0.2, -0.15) is 13.2 Å². The van der Waals surface area contributed by atoms with E-state index in [1.165, 1.54) is 77.6 Å². The zero-order valence-corrected chi connectivity index (χ0v) is 49.4. The molecule has 0 unspecified atom stereocenters. The zero-order valence-electron chi connectivity index (χ0n) is 49.4. The van der Waals surface area contributed by atoms with Gasteiger partial charge in [-0.1, -0.05) is 189 Å². The van der Waals surface area contributed by atoms with Crippen LogP contribution in [0.5, 0.6) is 0 Å². The maximum atomic E-state index is 16.0. The summed E-state index contributed by atoms with van der Waals surface area (Å²) in [5.74, 6) is 7.10. The Bertz CT molecular complexity index is 3490. The number of alkyl halides is 3. The van der Waals surface area contributed by atoms with Gasteiger partial charge in [0, 0.05) is 17.1 Å². The lowest BCUT2D eigenvalue weighted by molar-refractivity contribution is -0.137. The third kappa shape index (κ3) is 8.71. The summed E-state index contributed by atoms with van der Waals surface area (Å²) in [4.78, 5) is 0. The average molecular weight is 1040 g/mol. The Balaban J connectivity index is 1.42. The highest BCUT2D eigenvalue weighted by Crippen LogP contribution is 2.57. The van der Waals surface area contributed by atoms with Gasteiger partial charge in [-0.25, -0.2) is 0 Å². The highest BCUT2D eigenvalue weighted by Gasteiger charge is 2.44. The fourth-order valence-electron chi connectivity index (χ4n) is 15.0. The highest BCUT2D eigenvalue weighted by atomic mass is 19.4. The van der Waals surface area contributed by atoms with Crippen LogP contribution in [0, 0.1) is 39.5 Å². The van der Waals surface area contributed by atoms with E-state index in [4.69, 9.17) is 0 Å². The van der Waals surface area contributed by atoms with Crippen LogP contribution in [0.4, 0.5) is 13.2 Å². The molecule has 6 aromatic carbocycles. The van der Waals surface area contributed by atoms with Crippen LogP contribution in [0.1, 0.15) is 188 Å². The van der Waals surface area contributed by atoms with Crippen LogP contribution >= 0.6 is 0 Å². The largest absolute Gasteiger partial charge is 0.416 e. The second kappa shape index (κ2) is 17.8. The molecular weight excluding hydrogens is 961 g/mol. The van der Waals surface area contributed by atoms with Gasteiger partial charge in [0.05, 0.1) is 16.6 Å². The maximum Gasteiger partial charge on any atom is 0.416 e. The molecule has 7 aromatic rings. The number of aromatic nitrogens is 3. The molecule has 2 aliphatic heterocycles. The van der Waals surface area contributed by atoms with E-state index in [0.717, 1.165) is 84.1 Å². The van der Waals surface area contributed by atoms with Gasteiger partial charge >= 0.3 is 6.18 Å². The van der Waals surface area contributed by atoms with Gasteiger partial charge in [0.1, 0.15) is 11.0 Å². The Hall–Kier alpha value is -5.88. The summed E-state index contributed by atoms with van der Waals surface area (Å²) in [6.45, 7) is 35.3. The minimum Gasteiger partial charge on any atom is -0.295 e. The van der Waals surface area contributed by atoms with E-state index in [2.05, 4.69) is 221 Å². The number of rotatable bonds is 4. The number of halogens is 3. The molecular formula is C70H80B2F3N3. The van der Waals surface area contributed by atoms with Gasteiger partial charge in [0.15, 0.2) is 0 Å². The summed E-state index contributed by atoms with van der Waals surface area (Å²) in [5.41, 5.74) is 21.4. The Morgan fingerprint density at radius 3 is 1.05 bits per heavy atom. The second-order valence-electron chi connectivity index (χ2n) is 28.9. The first kappa shape index (κ1) is 52.8. The summed E-state index contributed by atoms with van der Waals surface area (Å²) in [6.07, 6.45) is 1.65. The molecule has 4 aliphatic carbocycles. The Labute approximate surface area is 463 Å². The van der Waals surface area contributed by atoms with Crippen LogP contribution in [0.15, 0.2) is 97.1 Å². The normalized spacial score (nSPS) is 19.6. The number of hydrogen-bond donors (Lipinski definition) is 0. The average Bonchev–Trinajstić information content (AvgIpc) is 3.33. The highest BCUT2D eigenvalue weighted by molar-refractivity contribution is 7.00. The molecule has 0 atom stereocenters. The van der Waals surface area contributed by atoms with Crippen LogP contribution in [0.3, 0.4) is 0 Å². The molecule has 2 fully saturated rings. The molecule has 0 radical (unpaired) electrons. The minimum atomic E-state index is -4.59. The Morgan fingerprint density at radius 1 is 0.410 bits per heavy atom. The van der Waals surface area contributed by atoms with E-state index in [1.54, 1.807) is 0 Å². The van der Waals surface area contributed by atoms with Crippen molar-refractivity contribution in [2.45, 2.75) is 183 Å². The van der Waals surface area contributed by atoms with E-state index >= 15 is 13.2 Å². The van der Waals surface area contributed by atoms with Crippen molar-refractivity contribution in [3.05, 3.63) is 169 Å². The van der Waals surface area contributed by atoms with Crippen LogP contribution in [-0.2, 0) is 27.8 Å². The second-order valence-corrected chi connectivity index (χ2v) is 28.9.